The molecular formula is C16H26N2O2S2. The van der Waals surface area contributed by atoms with Gasteiger partial charge in [-0.3, -0.25) is 4.79 Å². The normalized spacial score (nSPS) is 15.9. The molecule has 1 amide bonds. The average molecular weight is 343 g/mol. The Kier molecular flexibility index (Phi) is 7.69. The number of hydrogen-bond acceptors (Lipinski definition) is 5. The molecule has 0 radical (unpaired) electrons. The van der Waals surface area contributed by atoms with Gasteiger partial charge in [-0.1, -0.05) is 0 Å². The van der Waals surface area contributed by atoms with Crippen LogP contribution < -0.4 is 0 Å². The number of thiazole rings is 1. The van der Waals surface area contributed by atoms with Crippen LogP contribution in [0.25, 0.3) is 0 Å². The largest absolute Gasteiger partial charge is 0.383 e. The van der Waals surface area contributed by atoms with E-state index in [1.807, 2.05) is 18.7 Å². The first kappa shape index (κ1) is 17.8. The molecule has 0 unspecified atom stereocenters. The Morgan fingerprint density at radius 1 is 1.45 bits per heavy atom. The fourth-order valence-corrected chi connectivity index (χ4v) is 4.51. The fraction of sp³-hybridized carbons (Fsp3) is 0.750. The van der Waals surface area contributed by atoms with E-state index in [4.69, 9.17) is 4.74 Å². The van der Waals surface area contributed by atoms with Crippen LogP contribution in [0.3, 0.4) is 0 Å². The van der Waals surface area contributed by atoms with E-state index in [-0.39, 0.29) is 5.91 Å². The van der Waals surface area contributed by atoms with Gasteiger partial charge in [0.2, 0.25) is 5.91 Å². The molecule has 1 saturated heterocycles. The molecule has 2 heterocycles. The van der Waals surface area contributed by atoms with Crippen molar-refractivity contribution in [3.05, 3.63) is 16.1 Å². The van der Waals surface area contributed by atoms with Crippen LogP contribution in [-0.4, -0.2) is 53.6 Å². The SMILES string of the molecule is COCCN(C(=O)CCCc1csc(C)n1)C1CCSCC1. The van der Waals surface area contributed by atoms with Crippen molar-refractivity contribution in [3.8, 4) is 0 Å². The molecule has 6 heteroatoms. The molecule has 4 nitrogen and oxygen atoms in total. The highest BCUT2D eigenvalue weighted by atomic mass is 32.2. The molecule has 0 spiro atoms. The highest BCUT2D eigenvalue weighted by Crippen LogP contribution is 2.22. The Morgan fingerprint density at radius 3 is 2.86 bits per heavy atom. The second kappa shape index (κ2) is 9.53. The molecule has 2 rings (SSSR count). The third-order valence-electron chi connectivity index (χ3n) is 3.98. The third kappa shape index (κ3) is 5.56. The van der Waals surface area contributed by atoms with Gasteiger partial charge in [-0.15, -0.1) is 11.3 Å². The minimum Gasteiger partial charge on any atom is -0.383 e. The van der Waals surface area contributed by atoms with Crippen LogP contribution in [0, 0.1) is 6.92 Å². The van der Waals surface area contributed by atoms with Crippen LogP contribution in [0.4, 0.5) is 0 Å². The molecule has 0 aliphatic carbocycles. The molecule has 124 valence electrons. The first-order chi connectivity index (χ1) is 10.7. The molecule has 1 aliphatic rings. The molecule has 1 fully saturated rings. The zero-order valence-electron chi connectivity index (χ0n) is 13.5. The lowest BCUT2D eigenvalue weighted by atomic mass is 10.1. The number of nitrogens with zero attached hydrogens (tertiary/aromatic N) is 2. The van der Waals surface area contributed by atoms with Crippen LogP contribution in [0.2, 0.25) is 0 Å². The minimum atomic E-state index is 0.279. The summed E-state index contributed by atoms with van der Waals surface area (Å²) in [7, 11) is 1.70. The predicted octanol–water partition coefficient (Wildman–Crippen LogP) is 3.14. The maximum absolute atomic E-state index is 12.6. The van der Waals surface area contributed by atoms with E-state index in [0.29, 0.717) is 19.1 Å². The lowest BCUT2D eigenvalue weighted by molar-refractivity contribution is -0.134. The lowest BCUT2D eigenvalue weighted by Crippen LogP contribution is -2.44. The zero-order valence-corrected chi connectivity index (χ0v) is 15.2. The van der Waals surface area contributed by atoms with E-state index < -0.39 is 0 Å². The lowest BCUT2D eigenvalue weighted by Gasteiger charge is -2.34. The van der Waals surface area contributed by atoms with E-state index >= 15 is 0 Å². The molecule has 0 aromatic carbocycles. The summed E-state index contributed by atoms with van der Waals surface area (Å²) in [5.41, 5.74) is 1.12. The predicted molar refractivity (Wildman–Crippen MR) is 93.7 cm³/mol. The fourth-order valence-electron chi connectivity index (χ4n) is 2.78. The first-order valence-electron chi connectivity index (χ1n) is 7.98. The quantitative estimate of drug-likeness (QED) is 0.728. The Balaban J connectivity index is 1.81. The molecule has 1 aliphatic heterocycles. The van der Waals surface area contributed by atoms with Gasteiger partial charge in [-0.2, -0.15) is 11.8 Å². The second-order valence-corrected chi connectivity index (χ2v) is 7.92. The van der Waals surface area contributed by atoms with Crippen molar-refractivity contribution in [2.45, 2.75) is 45.1 Å². The van der Waals surface area contributed by atoms with E-state index in [2.05, 4.69) is 15.3 Å². The van der Waals surface area contributed by atoms with Crippen LogP contribution in [0.5, 0.6) is 0 Å². The van der Waals surface area contributed by atoms with Crippen molar-refractivity contribution in [1.29, 1.82) is 0 Å². The summed E-state index contributed by atoms with van der Waals surface area (Å²) in [6, 6.07) is 0.408. The number of carbonyl (C=O) groups excluding carboxylic acids is 1. The van der Waals surface area contributed by atoms with Crippen molar-refractivity contribution < 1.29 is 9.53 Å². The number of aromatic nitrogens is 1. The third-order valence-corrected chi connectivity index (χ3v) is 5.85. The highest BCUT2D eigenvalue weighted by molar-refractivity contribution is 7.99. The van der Waals surface area contributed by atoms with Gasteiger partial charge in [0.25, 0.3) is 0 Å². The Bertz CT molecular complexity index is 459. The van der Waals surface area contributed by atoms with E-state index in [1.165, 1.54) is 11.5 Å². The molecule has 1 aromatic heterocycles. The van der Waals surface area contributed by atoms with Gasteiger partial charge >= 0.3 is 0 Å². The van der Waals surface area contributed by atoms with Gasteiger partial charge < -0.3 is 9.64 Å². The number of amides is 1. The average Bonchev–Trinajstić information content (AvgIpc) is 2.94. The summed E-state index contributed by atoms with van der Waals surface area (Å²) in [5.74, 6) is 2.61. The van der Waals surface area contributed by atoms with Crippen molar-refractivity contribution in [1.82, 2.24) is 9.88 Å². The van der Waals surface area contributed by atoms with Crippen molar-refractivity contribution in [3.63, 3.8) is 0 Å². The number of thioether (sulfide) groups is 1. The first-order valence-corrected chi connectivity index (χ1v) is 10.0. The van der Waals surface area contributed by atoms with E-state index in [9.17, 15) is 4.79 Å². The number of aryl methyl sites for hydroxylation is 2. The second-order valence-electron chi connectivity index (χ2n) is 5.63. The van der Waals surface area contributed by atoms with Gasteiger partial charge in [0, 0.05) is 31.5 Å². The number of hydrogen-bond donors (Lipinski definition) is 0. The molecular weight excluding hydrogens is 316 g/mol. The Hall–Kier alpha value is -0.590. The number of rotatable bonds is 8. The molecule has 0 saturated carbocycles. The maximum Gasteiger partial charge on any atom is 0.222 e. The smallest absolute Gasteiger partial charge is 0.222 e. The van der Waals surface area contributed by atoms with Crippen LogP contribution in [0.15, 0.2) is 5.38 Å². The van der Waals surface area contributed by atoms with E-state index in [0.717, 1.165) is 42.9 Å². The van der Waals surface area contributed by atoms with Crippen LogP contribution in [-0.2, 0) is 16.0 Å². The number of ether oxygens (including phenoxy) is 1. The van der Waals surface area contributed by atoms with Crippen molar-refractivity contribution in [2.75, 3.05) is 31.8 Å². The summed E-state index contributed by atoms with van der Waals surface area (Å²) < 4.78 is 5.18. The summed E-state index contributed by atoms with van der Waals surface area (Å²) >= 11 is 3.67. The van der Waals surface area contributed by atoms with Crippen molar-refractivity contribution in [2.24, 2.45) is 0 Å². The summed E-state index contributed by atoms with van der Waals surface area (Å²) in [5, 5.41) is 3.20. The summed E-state index contributed by atoms with van der Waals surface area (Å²) in [6.45, 7) is 3.37. The molecule has 22 heavy (non-hydrogen) atoms. The van der Waals surface area contributed by atoms with Crippen LogP contribution >= 0.6 is 23.1 Å². The standard InChI is InChI=1S/C16H26N2O2S2/c1-13-17-14(12-22-13)4-3-5-16(19)18(8-9-20-2)15-6-10-21-11-7-15/h12,15H,3-11H2,1-2H3. The summed E-state index contributed by atoms with van der Waals surface area (Å²) in [6.07, 6.45) is 4.63. The van der Waals surface area contributed by atoms with Gasteiger partial charge in [0.1, 0.15) is 0 Å². The number of carbonyl (C=O) groups is 1. The van der Waals surface area contributed by atoms with Gasteiger partial charge in [-0.05, 0) is 44.1 Å². The molecule has 0 N–H and O–H groups in total. The van der Waals surface area contributed by atoms with Gasteiger partial charge in [0.15, 0.2) is 0 Å². The summed E-state index contributed by atoms with van der Waals surface area (Å²) in [4.78, 5) is 19.1. The minimum absolute atomic E-state index is 0.279. The Labute approximate surface area is 141 Å². The van der Waals surface area contributed by atoms with Gasteiger partial charge in [0.05, 0.1) is 17.3 Å². The highest BCUT2D eigenvalue weighted by Gasteiger charge is 2.24. The Morgan fingerprint density at radius 2 is 2.23 bits per heavy atom. The van der Waals surface area contributed by atoms with Crippen LogP contribution in [0.1, 0.15) is 36.4 Å². The maximum atomic E-state index is 12.6. The molecule has 0 atom stereocenters. The molecule has 0 bridgehead atoms. The van der Waals surface area contributed by atoms with E-state index in [1.54, 1.807) is 18.4 Å². The monoisotopic (exact) mass is 342 g/mol. The van der Waals surface area contributed by atoms with Gasteiger partial charge in [-0.25, -0.2) is 4.98 Å². The topological polar surface area (TPSA) is 42.4 Å². The zero-order chi connectivity index (χ0) is 15.8. The number of methoxy groups -OCH3 is 1. The van der Waals surface area contributed by atoms with Crippen molar-refractivity contribution >= 4 is 29.0 Å². The molecule has 1 aromatic rings.